The maximum Gasteiger partial charge on any atom is 0.335 e. The van der Waals surface area contributed by atoms with E-state index in [4.69, 9.17) is 0 Å². The number of carboxylic acids is 1. The van der Waals surface area contributed by atoms with Crippen LogP contribution in [0, 0.1) is 13.8 Å². The number of hydrogen-bond acceptors (Lipinski definition) is 6. The SMILES string of the molecule is CCCCc1ncc(C=C2C(=O)N(CCCC)C(=O)N2Cc2nc(C)cs2)n1Cc1ccc(C(=O)O)c(C)c1. The third kappa shape index (κ3) is 6.27. The van der Waals surface area contributed by atoms with Gasteiger partial charge in [-0.05, 0) is 50.0 Å². The summed E-state index contributed by atoms with van der Waals surface area (Å²) in [6.07, 6.45) is 7.85. The van der Waals surface area contributed by atoms with Crippen LogP contribution in [-0.4, -0.2) is 53.9 Å². The molecule has 1 aromatic carbocycles. The number of thiazole rings is 1. The molecule has 1 aliphatic heterocycles. The number of aryl methyl sites for hydroxylation is 3. The van der Waals surface area contributed by atoms with E-state index < -0.39 is 5.97 Å². The molecule has 10 heteroatoms. The van der Waals surface area contributed by atoms with Gasteiger partial charge in [0.1, 0.15) is 16.5 Å². The lowest BCUT2D eigenvalue weighted by molar-refractivity contribution is -0.123. The average molecular weight is 550 g/mol. The highest BCUT2D eigenvalue weighted by atomic mass is 32.1. The number of imidazole rings is 1. The summed E-state index contributed by atoms with van der Waals surface area (Å²) < 4.78 is 2.05. The second-order valence-corrected chi connectivity index (χ2v) is 10.8. The Morgan fingerprint density at radius 2 is 1.85 bits per heavy atom. The van der Waals surface area contributed by atoms with Crippen LogP contribution in [0.5, 0.6) is 0 Å². The molecule has 3 aromatic rings. The highest BCUT2D eigenvalue weighted by Gasteiger charge is 2.41. The van der Waals surface area contributed by atoms with Gasteiger partial charge in [0, 0.05) is 30.6 Å². The van der Waals surface area contributed by atoms with Gasteiger partial charge >= 0.3 is 12.0 Å². The first kappa shape index (κ1) is 28.2. The van der Waals surface area contributed by atoms with E-state index in [9.17, 15) is 19.5 Å². The van der Waals surface area contributed by atoms with Crippen molar-refractivity contribution in [3.8, 4) is 0 Å². The number of imide groups is 1. The molecule has 0 unspecified atom stereocenters. The molecule has 0 saturated carbocycles. The zero-order valence-corrected chi connectivity index (χ0v) is 23.8. The summed E-state index contributed by atoms with van der Waals surface area (Å²) >= 11 is 1.47. The molecule has 0 spiro atoms. The van der Waals surface area contributed by atoms with Gasteiger partial charge in [-0.25, -0.2) is 19.6 Å². The van der Waals surface area contributed by atoms with Crippen LogP contribution in [0.1, 0.15) is 83.2 Å². The van der Waals surface area contributed by atoms with Crippen LogP contribution in [0.3, 0.4) is 0 Å². The van der Waals surface area contributed by atoms with Crippen molar-refractivity contribution >= 4 is 35.3 Å². The summed E-state index contributed by atoms with van der Waals surface area (Å²) in [6, 6.07) is 4.98. The van der Waals surface area contributed by atoms with Gasteiger partial charge in [0.15, 0.2) is 0 Å². The molecule has 0 radical (unpaired) electrons. The van der Waals surface area contributed by atoms with Gasteiger partial charge < -0.3 is 9.67 Å². The fourth-order valence-electron chi connectivity index (χ4n) is 4.65. The van der Waals surface area contributed by atoms with Crippen LogP contribution in [0.4, 0.5) is 4.79 Å². The number of hydrogen-bond donors (Lipinski definition) is 1. The predicted octanol–water partition coefficient (Wildman–Crippen LogP) is 5.65. The molecule has 3 amide bonds. The highest BCUT2D eigenvalue weighted by Crippen LogP contribution is 2.28. The number of carboxylic acid groups (broad SMARTS) is 1. The van der Waals surface area contributed by atoms with Gasteiger partial charge in [0.25, 0.3) is 5.91 Å². The molecule has 1 fully saturated rings. The Labute approximate surface area is 232 Å². The Hall–Kier alpha value is -3.79. The van der Waals surface area contributed by atoms with Crippen molar-refractivity contribution in [2.24, 2.45) is 0 Å². The van der Waals surface area contributed by atoms with E-state index in [2.05, 4.69) is 21.5 Å². The Morgan fingerprint density at radius 3 is 2.49 bits per heavy atom. The molecule has 206 valence electrons. The number of rotatable bonds is 12. The maximum absolute atomic E-state index is 13.5. The minimum Gasteiger partial charge on any atom is -0.478 e. The van der Waals surface area contributed by atoms with Gasteiger partial charge in [-0.15, -0.1) is 11.3 Å². The minimum atomic E-state index is -0.955. The van der Waals surface area contributed by atoms with Crippen molar-refractivity contribution in [1.82, 2.24) is 24.3 Å². The molecule has 0 aliphatic carbocycles. The predicted molar refractivity (Wildman–Crippen MR) is 150 cm³/mol. The lowest BCUT2D eigenvalue weighted by atomic mass is 10.0. The van der Waals surface area contributed by atoms with Gasteiger partial charge in [-0.2, -0.15) is 0 Å². The van der Waals surface area contributed by atoms with E-state index >= 15 is 0 Å². The molecule has 0 bridgehead atoms. The standard InChI is InChI=1S/C29H35N5O4S/c1-5-7-9-25-30-15-22(33(25)16-21-10-11-23(28(36)37)19(3)13-21)14-24-27(35)32(12-8-6-2)29(38)34(24)17-26-31-20(4)18-39-26/h10-11,13-15,18H,5-9,12,16-17H2,1-4H3,(H,36,37). The Balaban J connectivity index is 1.74. The molecule has 1 aliphatic rings. The summed E-state index contributed by atoms with van der Waals surface area (Å²) in [5.74, 6) is -0.389. The molecule has 1 N–H and O–H groups in total. The zero-order chi connectivity index (χ0) is 28.1. The van der Waals surface area contributed by atoms with Crippen LogP contribution in [0.25, 0.3) is 6.08 Å². The van der Waals surface area contributed by atoms with Crippen molar-refractivity contribution in [2.75, 3.05) is 6.54 Å². The summed E-state index contributed by atoms with van der Waals surface area (Å²) in [4.78, 5) is 50.4. The maximum atomic E-state index is 13.5. The third-order valence-corrected chi connectivity index (χ3v) is 7.73. The second kappa shape index (κ2) is 12.4. The Morgan fingerprint density at radius 1 is 1.08 bits per heavy atom. The monoisotopic (exact) mass is 549 g/mol. The van der Waals surface area contributed by atoms with Crippen LogP contribution in [0.2, 0.25) is 0 Å². The number of aromatic carboxylic acids is 1. The summed E-state index contributed by atoms with van der Waals surface area (Å²) in [6.45, 7) is 8.90. The molecular formula is C29H35N5O4S. The average Bonchev–Trinajstić information content (AvgIpc) is 3.54. The molecule has 9 nitrogen and oxygen atoms in total. The normalized spacial score (nSPS) is 14.7. The van der Waals surface area contributed by atoms with Gasteiger partial charge in [0.2, 0.25) is 0 Å². The molecule has 4 rings (SSSR count). The first-order chi connectivity index (χ1) is 18.7. The first-order valence-electron chi connectivity index (χ1n) is 13.4. The van der Waals surface area contributed by atoms with E-state index in [0.717, 1.165) is 59.9 Å². The lowest BCUT2D eigenvalue weighted by Crippen LogP contribution is -2.33. The fraction of sp³-hybridized carbons (Fsp3) is 0.414. The molecule has 39 heavy (non-hydrogen) atoms. The van der Waals surface area contributed by atoms with Crippen LogP contribution in [-0.2, 0) is 24.3 Å². The van der Waals surface area contributed by atoms with E-state index in [0.29, 0.717) is 24.4 Å². The van der Waals surface area contributed by atoms with Crippen molar-refractivity contribution in [3.63, 3.8) is 0 Å². The number of carbonyl (C=O) groups is 3. The first-order valence-corrected chi connectivity index (χ1v) is 14.2. The fourth-order valence-corrected chi connectivity index (χ4v) is 5.41. The number of urea groups is 1. The number of amides is 3. The van der Waals surface area contributed by atoms with Crippen molar-refractivity contribution in [1.29, 1.82) is 0 Å². The lowest BCUT2D eigenvalue weighted by Gasteiger charge is -2.16. The highest BCUT2D eigenvalue weighted by molar-refractivity contribution is 7.09. The van der Waals surface area contributed by atoms with Crippen molar-refractivity contribution < 1.29 is 19.5 Å². The number of carbonyl (C=O) groups excluding carboxylic acids is 2. The molecule has 1 saturated heterocycles. The molecule has 3 heterocycles. The van der Waals surface area contributed by atoms with Gasteiger partial charge in [0.05, 0.1) is 24.0 Å². The quantitative estimate of drug-likeness (QED) is 0.231. The van der Waals surface area contributed by atoms with E-state index in [1.54, 1.807) is 25.3 Å². The number of benzene rings is 1. The Kier molecular flexibility index (Phi) is 8.96. The van der Waals surface area contributed by atoms with Gasteiger partial charge in [-0.1, -0.05) is 38.8 Å². The van der Waals surface area contributed by atoms with E-state index in [1.165, 1.54) is 21.1 Å². The van der Waals surface area contributed by atoms with Crippen LogP contribution >= 0.6 is 11.3 Å². The largest absolute Gasteiger partial charge is 0.478 e. The van der Waals surface area contributed by atoms with Crippen LogP contribution < -0.4 is 0 Å². The minimum absolute atomic E-state index is 0.226. The number of aromatic nitrogens is 3. The summed E-state index contributed by atoms with van der Waals surface area (Å²) in [5.41, 5.74) is 3.79. The summed E-state index contributed by atoms with van der Waals surface area (Å²) in [7, 11) is 0. The molecule has 2 aromatic heterocycles. The third-order valence-electron chi connectivity index (χ3n) is 6.78. The Bertz CT molecular complexity index is 1410. The molecule has 0 atom stereocenters. The topological polar surface area (TPSA) is 109 Å². The van der Waals surface area contributed by atoms with E-state index in [-0.39, 0.29) is 24.0 Å². The van der Waals surface area contributed by atoms with Crippen molar-refractivity contribution in [2.45, 2.75) is 72.9 Å². The number of unbranched alkanes of at least 4 members (excludes halogenated alkanes) is 2. The van der Waals surface area contributed by atoms with Gasteiger partial charge in [-0.3, -0.25) is 14.6 Å². The second-order valence-electron chi connectivity index (χ2n) is 9.83. The van der Waals surface area contributed by atoms with E-state index in [1.807, 2.05) is 31.4 Å². The van der Waals surface area contributed by atoms with Crippen LogP contribution in [0.15, 0.2) is 35.5 Å². The molecular weight excluding hydrogens is 514 g/mol. The summed E-state index contributed by atoms with van der Waals surface area (Å²) in [5, 5.41) is 12.1. The van der Waals surface area contributed by atoms with Crippen molar-refractivity contribution in [3.05, 3.63) is 74.4 Å². The zero-order valence-electron chi connectivity index (χ0n) is 22.9. The smallest absolute Gasteiger partial charge is 0.335 e. The number of nitrogens with zero attached hydrogens (tertiary/aromatic N) is 5.